The lowest BCUT2D eigenvalue weighted by molar-refractivity contribution is -0.125. The molecular weight excluding hydrogens is 566 g/mol. The molecule has 2 heterocycles. The van der Waals surface area contributed by atoms with Crippen LogP contribution in [0, 0.1) is 0 Å². The van der Waals surface area contributed by atoms with Crippen LogP contribution in [-0.4, -0.2) is 77.4 Å². The van der Waals surface area contributed by atoms with Gasteiger partial charge >= 0.3 is 6.09 Å². The molecular formula is C33H46ClN5O4. The normalized spacial score (nSPS) is 18.5. The predicted molar refractivity (Wildman–Crippen MR) is 170 cm³/mol. The molecule has 1 aliphatic carbocycles. The van der Waals surface area contributed by atoms with Crippen LogP contribution in [0.3, 0.4) is 0 Å². The largest absolute Gasteiger partial charge is 0.446 e. The van der Waals surface area contributed by atoms with Crippen LogP contribution in [0.5, 0.6) is 0 Å². The van der Waals surface area contributed by atoms with E-state index in [0.29, 0.717) is 18.1 Å². The number of hydrogen-bond donors (Lipinski definition) is 1. The van der Waals surface area contributed by atoms with Crippen LogP contribution in [0.15, 0.2) is 49.0 Å². The number of aromatic nitrogens is 2. The van der Waals surface area contributed by atoms with Gasteiger partial charge in [-0.3, -0.25) is 9.69 Å². The predicted octanol–water partition coefficient (Wildman–Crippen LogP) is 6.07. The smallest absolute Gasteiger partial charge is 0.410 e. The van der Waals surface area contributed by atoms with Crippen LogP contribution in [0.2, 0.25) is 5.02 Å². The summed E-state index contributed by atoms with van der Waals surface area (Å²) in [6.45, 7) is 6.63. The summed E-state index contributed by atoms with van der Waals surface area (Å²) in [6.07, 6.45) is 15.9. The van der Waals surface area contributed by atoms with Gasteiger partial charge in [0.25, 0.3) is 0 Å². The number of rotatable bonds is 11. The molecule has 2 amide bonds. The monoisotopic (exact) mass is 611 g/mol. The van der Waals surface area contributed by atoms with Gasteiger partial charge in [0.05, 0.1) is 24.3 Å². The summed E-state index contributed by atoms with van der Waals surface area (Å²) in [5, 5.41) is 3.76. The number of piperazine rings is 1. The molecule has 0 radical (unpaired) electrons. The molecule has 0 spiro atoms. The van der Waals surface area contributed by atoms with Crippen molar-refractivity contribution in [3.63, 3.8) is 0 Å². The zero-order valence-electron chi connectivity index (χ0n) is 25.9. The average Bonchev–Trinajstić information content (AvgIpc) is 3.44. The average molecular weight is 612 g/mol. The number of ether oxygens (including phenoxy) is 2. The van der Waals surface area contributed by atoms with Gasteiger partial charge in [0.1, 0.15) is 12.7 Å². The van der Waals surface area contributed by atoms with E-state index in [1.807, 2.05) is 48.6 Å². The van der Waals surface area contributed by atoms with Crippen molar-refractivity contribution >= 4 is 29.2 Å². The van der Waals surface area contributed by atoms with Crippen LogP contribution >= 0.6 is 11.6 Å². The first-order chi connectivity index (χ1) is 20.9. The number of benzene rings is 1. The number of carbonyl (C=O) groups excluding carboxylic acids is 2. The Bertz CT molecular complexity index is 1280. The second kappa shape index (κ2) is 16.1. The molecule has 234 valence electrons. The van der Waals surface area contributed by atoms with Gasteiger partial charge < -0.3 is 24.3 Å². The van der Waals surface area contributed by atoms with E-state index in [1.165, 1.54) is 13.5 Å². The van der Waals surface area contributed by atoms with E-state index in [4.69, 9.17) is 21.1 Å². The second-order valence-corrected chi connectivity index (χ2v) is 11.8. The van der Waals surface area contributed by atoms with Gasteiger partial charge in [-0.25, -0.2) is 9.78 Å². The summed E-state index contributed by atoms with van der Waals surface area (Å²) in [7, 11) is 3.42. The third kappa shape index (κ3) is 8.49. The molecule has 43 heavy (non-hydrogen) atoms. The Balaban J connectivity index is 1.62. The molecule has 10 heteroatoms. The lowest BCUT2D eigenvalue weighted by atomic mass is 9.87. The number of hydrogen-bond acceptors (Lipinski definition) is 6. The first kappa shape index (κ1) is 32.8. The lowest BCUT2D eigenvalue weighted by Crippen LogP contribution is -2.50. The van der Waals surface area contributed by atoms with E-state index in [0.717, 1.165) is 67.6 Å². The summed E-state index contributed by atoms with van der Waals surface area (Å²) in [4.78, 5) is 34.4. The van der Waals surface area contributed by atoms with E-state index in [-0.39, 0.29) is 30.8 Å². The van der Waals surface area contributed by atoms with Crippen molar-refractivity contribution in [1.29, 1.82) is 0 Å². The fourth-order valence-electron chi connectivity index (χ4n) is 6.19. The number of halogens is 1. The quantitative estimate of drug-likeness (QED) is 0.310. The van der Waals surface area contributed by atoms with Crippen molar-refractivity contribution in [2.24, 2.45) is 7.05 Å². The van der Waals surface area contributed by atoms with Gasteiger partial charge in [-0.2, -0.15) is 0 Å². The van der Waals surface area contributed by atoms with Gasteiger partial charge in [-0.05, 0) is 74.8 Å². The molecule has 1 aliphatic heterocycles. The minimum Gasteiger partial charge on any atom is -0.446 e. The molecule has 2 aliphatic rings. The number of amides is 2. The number of carbonyl (C=O) groups is 2. The Labute approximate surface area is 260 Å². The molecule has 2 aromatic rings. The van der Waals surface area contributed by atoms with Crippen molar-refractivity contribution < 1.29 is 19.1 Å². The van der Waals surface area contributed by atoms with Gasteiger partial charge in [0.15, 0.2) is 0 Å². The van der Waals surface area contributed by atoms with Crippen molar-refractivity contribution in [2.75, 3.05) is 39.9 Å². The summed E-state index contributed by atoms with van der Waals surface area (Å²) >= 11 is 6.63. The minimum atomic E-state index is -0.467. The van der Waals surface area contributed by atoms with Crippen LogP contribution in [0.4, 0.5) is 4.79 Å². The first-order valence-corrected chi connectivity index (χ1v) is 15.7. The Morgan fingerprint density at radius 2 is 1.88 bits per heavy atom. The molecule has 4 rings (SSSR count). The fourth-order valence-corrected chi connectivity index (χ4v) is 6.36. The molecule has 0 bridgehead atoms. The maximum Gasteiger partial charge on any atom is 0.410 e. The highest BCUT2D eigenvalue weighted by atomic mass is 35.5. The SMILES string of the molecule is C/C=C\C[C@H](c1ccc(Cl)cc1/C(=C\C)[C@@H](NC(=O)COC)c1cncn1C)N1CCN(C(=O)OC2CCCCC2)CC1. The van der Waals surface area contributed by atoms with Crippen molar-refractivity contribution in [2.45, 2.75) is 70.6 Å². The number of aryl methyl sites for hydroxylation is 1. The molecule has 0 unspecified atom stereocenters. The molecule has 2 fully saturated rings. The van der Waals surface area contributed by atoms with Gasteiger partial charge in [-0.1, -0.05) is 42.3 Å². The van der Waals surface area contributed by atoms with E-state index in [1.54, 1.807) is 12.5 Å². The molecule has 1 aromatic carbocycles. The number of methoxy groups -OCH3 is 1. The third-order valence-corrected chi connectivity index (χ3v) is 8.70. The molecule has 1 aromatic heterocycles. The molecule has 1 saturated carbocycles. The van der Waals surface area contributed by atoms with Crippen LogP contribution in [-0.2, 0) is 21.3 Å². The maximum absolute atomic E-state index is 13.0. The summed E-state index contributed by atoms with van der Waals surface area (Å²) < 4.78 is 12.9. The Morgan fingerprint density at radius 3 is 2.51 bits per heavy atom. The fraction of sp³-hybridized carbons (Fsp3) is 0.545. The third-order valence-electron chi connectivity index (χ3n) is 8.47. The van der Waals surface area contributed by atoms with Crippen molar-refractivity contribution in [3.8, 4) is 0 Å². The highest BCUT2D eigenvalue weighted by molar-refractivity contribution is 6.30. The van der Waals surface area contributed by atoms with E-state index in [9.17, 15) is 9.59 Å². The van der Waals surface area contributed by atoms with Gasteiger partial charge in [-0.15, -0.1) is 0 Å². The lowest BCUT2D eigenvalue weighted by Gasteiger charge is -2.40. The topological polar surface area (TPSA) is 88.9 Å². The van der Waals surface area contributed by atoms with Crippen LogP contribution in [0.25, 0.3) is 5.57 Å². The number of nitrogens with one attached hydrogen (secondary N) is 1. The first-order valence-electron chi connectivity index (χ1n) is 15.4. The Hall–Kier alpha value is -3.14. The summed E-state index contributed by atoms with van der Waals surface area (Å²) in [5.41, 5.74) is 3.85. The zero-order chi connectivity index (χ0) is 30.8. The Morgan fingerprint density at radius 1 is 1.14 bits per heavy atom. The molecule has 9 nitrogen and oxygen atoms in total. The molecule has 1 saturated heterocycles. The number of imidazole rings is 1. The van der Waals surface area contributed by atoms with Crippen LogP contribution in [0.1, 0.15) is 81.3 Å². The minimum absolute atomic E-state index is 0.0387. The summed E-state index contributed by atoms with van der Waals surface area (Å²) in [6, 6.07) is 5.58. The van der Waals surface area contributed by atoms with Crippen LogP contribution < -0.4 is 5.32 Å². The van der Waals surface area contributed by atoms with E-state index in [2.05, 4.69) is 33.4 Å². The van der Waals surface area contributed by atoms with Gasteiger partial charge in [0.2, 0.25) is 5.91 Å². The van der Waals surface area contributed by atoms with E-state index < -0.39 is 6.04 Å². The van der Waals surface area contributed by atoms with Crippen molar-refractivity contribution in [1.82, 2.24) is 24.7 Å². The number of nitrogens with zero attached hydrogens (tertiary/aromatic N) is 4. The zero-order valence-corrected chi connectivity index (χ0v) is 26.7. The number of allylic oxidation sites excluding steroid dienone is 2. The standard InChI is InChI=1S/C33H46ClN5O4/c1-5-7-13-29(38-16-18-39(19-17-38)33(41)43-25-11-9-8-10-12-25)27-15-14-24(34)20-28(27)26(6-2)32(36-31(40)22-42-4)30-21-35-23-37(30)3/h5-7,14-15,20-21,23,25,29,32H,8-13,16-19,22H2,1-4H3,(H,36,40)/b7-5-,26-6+/t29-,32-/m1/s1. The molecule has 2 atom stereocenters. The molecule has 1 N–H and O–H groups in total. The van der Waals surface area contributed by atoms with Crippen molar-refractivity contribution in [3.05, 3.63) is 70.8 Å². The van der Waals surface area contributed by atoms with Gasteiger partial charge in [0, 0.05) is 51.4 Å². The Kier molecular flexibility index (Phi) is 12.3. The summed E-state index contributed by atoms with van der Waals surface area (Å²) in [5.74, 6) is -0.224. The second-order valence-electron chi connectivity index (χ2n) is 11.3. The highest BCUT2D eigenvalue weighted by Gasteiger charge is 2.32. The maximum atomic E-state index is 13.0. The highest BCUT2D eigenvalue weighted by Crippen LogP contribution is 2.39. The van der Waals surface area contributed by atoms with E-state index >= 15 is 0 Å².